The van der Waals surface area contributed by atoms with Crippen LogP contribution in [0.25, 0.3) is 0 Å². The normalized spacial score (nSPS) is 22.0. The molecule has 2 rings (SSSR count). The Morgan fingerprint density at radius 2 is 2.05 bits per heavy atom. The van der Waals surface area contributed by atoms with Gasteiger partial charge >= 0.3 is 5.97 Å². The number of benzene rings is 1. The molecule has 22 heavy (non-hydrogen) atoms. The Morgan fingerprint density at radius 3 is 2.73 bits per heavy atom. The summed E-state index contributed by atoms with van der Waals surface area (Å²) < 4.78 is 11.0. The van der Waals surface area contributed by atoms with E-state index in [1.807, 2.05) is 37.3 Å². The van der Waals surface area contributed by atoms with E-state index in [2.05, 4.69) is 13.8 Å². The van der Waals surface area contributed by atoms with Gasteiger partial charge in [-0.25, -0.2) is 4.79 Å². The summed E-state index contributed by atoms with van der Waals surface area (Å²) in [7, 11) is 0. The molecule has 2 atom stereocenters. The molecule has 0 aliphatic heterocycles. The lowest BCUT2D eigenvalue weighted by molar-refractivity contribution is -0.158. The highest BCUT2D eigenvalue weighted by Crippen LogP contribution is 2.40. The lowest BCUT2D eigenvalue weighted by Crippen LogP contribution is -2.32. The lowest BCUT2D eigenvalue weighted by atomic mass is 9.71. The van der Waals surface area contributed by atoms with Crippen molar-refractivity contribution in [2.75, 3.05) is 6.61 Å². The van der Waals surface area contributed by atoms with E-state index in [1.54, 1.807) is 0 Å². The van der Waals surface area contributed by atoms with Gasteiger partial charge in [0, 0.05) is 0 Å². The van der Waals surface area contributed by atoms with E-state index in [9.17, 15) is 4.79 Å². The molecule has 1 fully saturated rings. The Labute approximate surface area is 134 Å². The maximum atomic E-state index is 11.9. The number of rotatable bonds is 6. The minimum Gasteiger partial charge on any atom is -0.461 e. The minimum absolute atomic E-state index is 0.0209. The van der Waals surface area contributed by atoms with Gasteiger partial charge in [0.2, 0.25) is 0 Å². The first-order chi connectivity index (χ1) is 10.5. The van der Waals surface area contributed by atoms with E-state index in [4.69, 9.17) is 9.47 Å². The molecule has 1 aliphatic carbocycles. The predicted molar refractivity (Wildman–Crippen MR) is 87.4 cm³/mol. The van der Waals surface area contributed by atoms with Crippen LogP contribution in [0.1, 0.15) is 52.0 Å². The van der Waals surface area contributed by atoms with E-state index in [1.165, 1.54) is 12.8 Å². The molecule has 2 unspecified atom stereocenters. The van der Waals surface area contributed by atoms with Crippen molar-refractivity contribution >= 4 is 5.97 Å². The van der Waals surface area contributed by atoms with Crippen molar-refractivity contribution in [3.05, 3.63) is 35.9 Å². The topological polar surface area (TPSA) is 35.5 Å². The molecule has 0 amide bonds. The van der Waals surface area contributed by atoms with Gasteiger partial charge in [-0.3, -0.25) is 0 Å². The summed E-state index contributed by atoms with van der Waals surface area (Å²) in [6.07, 6.45) is 4.76. The number of carbonyl (C=O) groups is 1. The first-order valence-electron chi connectivity index (χ1n) is 8.27. The third-order valence-corrected chi connectivity index (χ3v) is 4.56. The van der Waals surface area contributed by atoms with Crippen molar-refractivity contribution in [1.82, 2.24) is 0 Å². The molecular formula is C19H28O3. The summed E-state index contributed by atoms with van der Waals surface area (Å²) in [5.41, 5.74) is 1.44. The Balaban J connectivity index is 1.70. The molecule has 3 heteroatoms. The third-order valence-electron chi connectivity index (χ3n) is 4.56. The highest BCUT2D eigenvalue weighted by atomic mass is 16.6. The SMILES string of the molecule is CC(OC(=O)COCc1ccccc1)C1CCCC(C)(C)C1. The second-order valence-corrected chi connectivity index (χ2v) is 7.19. The van der Waals surface area contributed by atoms with Crippen LogP contribution in [0.15, 0.2) is 30.3 Å². The smallest absolute Gasteiger partial charge is 0.332 e. The first-order valence-corrected chi connectivity index (χ1v) is 8.27. The van der Waals surface area contributed by atoms with E-state index in [0.717, 1.165) is 18.4 Å². The predicted octanol–water partition coefficient (Wildman–Crippen LogP) is 4.35. The van der Waals surface area contributed by atoms with Gasteiger partial charge in [-0.1, -0.05) is 50.6 Å². The third kappa shape index (κ3) is 5.45. The summed E-state index contributed by atoms with van der Waals surface area (Å²) in [5.74, 6) is 0.216. The van der Waals surface area contributed by atoms with Crippen molar-refractivity contribution in [3.63, 3.8) is 0 Å². The maximum absolute atomic E-state index is 11.9. The molecule has 0 spiro atoms. The number of carbonyl (C=O) groups excluding carboxylic acids is 1. The van der Waals surface area contributed by atoms with Crippen LogP contribution in [-0.4, -0.2) is 18.7 Å². The molecule has 1 aromatic rings. The molecule has 1 aliphatic rings. The highest BCUT2D eigenvalue weighted by Gasteiger charge is 2.32. The molecule has 0 N–H and O–H groups in total. The van der Waals surface area contributed by atoms with Gasteiger partial charge in [0.05, 0.1) is 6.61 Å². The van der Waals surface area contributed by atoms with Crippen LogP contribution >= 0.6 is 0 Å². The molecule has 122 valence electrons. The van der Waals surface area contributed by atoms with Crippen LogP contribution in [0.4, 0.5) is 0 Å². The Morgan fingerprint density at radius 1 is 1.32 bits per heavy atom. The molecule has 0 radical (unpaired) electrons. The summed E-state index contributed by atoms with van der Waals surface area (Å²) in [6, 6.07) is 9.86. The van der Waals surface area contributed by atoms with Crippen LogP contribution in [0, 0.1) is 11.3 Å². The Kier molecular flexibility index (Phi) is 6.01. The average molecular weight is 304 g/mol. The fourth-order valence-electron chi connectivity index (χ4n) is 3.32. The molecule has 1 aromatic carbocycles. The molecule has 0 heterocycles. The molecule has 0 aromatic heterocycles. The van der Waals surface area contributed by atoms with Crippen molar-refractivity contribution in [1.29, 1.82) is 0 Å². The van der Waals surface area contributed by atoms with Gasteiger partial charge in [-0.15, -0.1) is 0 Å². The van der Waals surface area contributed by atoms with E-state index < -0.39 is 0 Å². The summed E-state index contributed by atoms with van der Waals surface area (Å²) in [5, 5.41) is 0. The van der Waals surface area contributed by atoms with Gasteiger partial charge in [-0.2, -0.15) is 0 Å². The zero-order valence-corrected chi connectivity index (χ0v) is 14.0. The molecule has 0 saturated heterocycles. The molecule has 1 saturated carbocycles. The van der Waals surface area contributed by atoms with Gasteiger partial charge < -0.3 is 9.47 Å². The molecule has 0 bridgehead atoms. The fourth-order valence-corrected chi connectivity index (χ4v) is 3.32. The number of hydrogen-bond acceptors (Lipinski definition) is 3. The Bertz CT molecular complexity index is 467. The summed E-state index contributed by atoms with van der Waals surface area (Å²) in [6.45, 7) is 7.09. The lowest BCUT2D eigenvalue weighted by Gasteiger charge is -2.37. The van der Waals surface area contributed by atoms with Crippen molar-refractivity contribution < 1.29 is 14.3 Å². The van der Waals surface area contributed by atoms with Crippen molar-refractivity contribution in [2.24, 2.45) is 11.3 Å². The largest absolute Gasteiger partial charge is 0.461 e. The van der Waals surface area contributed by atoms with E-state index in [0.29, 0.717) is 17.9 Å². The highest BCUT2D eigenvalue weighted by molar-refractivity contribution is 5.70. The van der Waals surface area contributed by atoms with Crippen LogP contribution in [-0.2, 0) is 20.9 Å². The zero-order chi connectivity index (χ0) is 16.0. The van der Waals surface area contributed by atoms with Crippen molar-refractivity contribution in [2.45, 2.75) is 59.2 Å². The average Bonchev–Trinajstić information content (AvgIpc) is 2.47. The number of esters is 1. The quantitative estimate of drug-likeness (QED) is 0.733. The second-order valence-electron chi connectivity index (χ2n) is 7.19. The van der Waals surface area contributed by atoms with Gasteiger partial charge in [0.25, 0.3) is 0 Å². The van der Waals surface area contributed by atoms with Crippen LogP contribution < -0.4 is 0 Å². The van der Waals surface area contributed by atoms with Crippen LogP contribution in [0.5, 0.6) is 0 Å². The Hall–Kier alpha value is -1.35. The molecular weight excluding hydrogens is 276 g/mol. The second kappa shape index (κ2) is 7.77. The van der Waals surface area contributed by atoms with Gasteiger partial charge in [0.1, 0.15) is 12.7 Å². The zero-order valence-electron chi connectivity index (χ0n) is 14.0. The summed E-state index contributed by atoms with van der Waals surface area (Å²) in [4.78, 5) is 11.9. The monoisotopic (exact) mass is 304 g/mol. The summed E-state index contributed by atoms with van der Waals surface area (Å²) >= 11 is 0. The number of hydrogen-bond donors (Lipinski definition) is 0. The van der Waals surface area contributed by atoms with Crippen LogP contribution in [0.2, 0.25) is 0 Å². The standard InChI is InChI=1S/C19H28O3/c1-15(17-10-7-11-19(2,3)12-17)22-18(20)14-21-13-16-8-5-4-6-9-16/h4-6,8-9,15,17H,7,10-14H2,1-3H3. The van der Waals surface area contributed by atoms with E-state index in [-0.39, 0.29) is 18.7 Å². The number of ether oxygens (including phenoxy) is 2. The first kappa shape index (κ1) is 17.0. The van der Waals surface area contributed by atoms with Crippen molar-refractivity contribution in [3.8, 4) is 0 Å². The minimum atomic E-state index is -0.258. The van der Waals surface area contributed by atoms with E-state index >= 15 is 0 Å². The van der Waals surface area contributed by atoms with Crippen LogP contribution in [0.3, 0.4) is 0 Å². The fraction of sp³-hybridized carbons (Fsp3) is 0.632. The maximum Gasteiger partial charge on any atom is 0.332 e. The van der Waals surface area contributed by atoms with Gasteiger partial charge in [0.15, 0.2) is 0 Å². The molecule has 3 nitrogen and oxygen atoms in total. The van der Waals surface area contributed by atoms with Gasteiger partial charge in [-0.05, 0) is 43.1 Å².